The van der Waals surface area contributed by atoms with Crippen molar-refractivity contribution in [3.8, 4) is 0 Å². The van der Waals surface area contributed by atoms with E-state index in [0.717, 1.165) is 23.1 Å². The summed E-state index contributed by atoms with van der Waals surface area (Å²) in [6, 6.07) is 6.75. The molecule has 1 fully saturated rings. The summed E-state index contributed by atoms with van der Waals surface area (Å²) in [5, 5.41) is 3.54. The van der Waals surface area contributed by atoms with Gasteiger partial charge in [-0.3, -0.25) is 0 Å². The van der Waals surface area contributed by atoms with Gasteiger partial charge in [0, 0.05) is 17.2 Å². The van der Waals surface area contributed by atoms with E-state index in [0.29, 0.717) is 0 Å². The molecule has 0 spiro atoms. The molecular weight excluding hydrogens is 245 g/mol. The molecule has 1 aliphatic carbocycles. The van der Waals surface area contributed by atoms with Crippen molar-refractivity contribution in [1.29, 1.82) is 0 Å². The smallest absolute Gasteiger partial charge is 0.123 e. The first kappa shape index (κ1) is 13.9. The summed E-state index contributed by atoms with van der Waals surface area (Å²) in [7, 11) is 0. The summed E-state index contributed by atoms with van der Waals surface area (Å²) in [6.07, 6.45) is 7.06. The fraction of sp³-hybridized carbons (Fsp3) is 0.600. The van der Waals surface area contributed by atoms with E-state index >= 15 is 0 Å². The third-order valence-electron chi connectivity index (χ3n) is 3.52. The zero-order chi connectivity index (χ0) is 12.6. The van der Waals surface area contributed by atoms with E-state index in [9.17, 15) is 4.39 Å². The number of rotatable bonds is 6. The van der Waals surface area contributed by atoms with Gasteiger partial charge in [0.05, 0.1) is 0 Å². The van der Waals surface area contributed by atoms with E-state index in [2.05, 4.69) is 5.32 Å². The van der Waals surface area contributed by atoms with Gasteiger partial charge in [0.2, 0.25) is 0 Å². The lowest BCUT2D eigenvalue weighted by Gasteiger charge is -2.21. The standard InChI is InChI=1S/C15H22FNS/c16-14-6-8-15(9-7-14)18-11-10-17-12-13-4-2-1-3-5-13/h6-9,13,17H,1-5,10-12H2. The first-order valence-corrected chi connectivity index (χ1v) is 7.92. The van der Waals surface area contributed by atoms with Gasteiger partial charge in [0.15, 0.2) is 0 Å². The van der Waals surface area contributed by atoms with Crippen LogP contribution in [0.1, 0.15) is 32.1 Å². The van der Waals surface area contributed by atoms with Crippen molar-refractivity contribution >= 4 is 11.8 Å². The normalized spacial score (nSPS) is 16.9. The van der Waals surface area contributed by atoms with E-state index in [1.807, 2.05) is 12.1 Å². The summed E-state index contributed by atoms with van der Waals surface area (Å²) in [5.41, 5.74) is 0. The Kier molecular flexibility index (Phi) is 6.01. The lowest BCUT2D eigenvalue weighted by Crippen LogP contribution is -2.26. The predicted molar refractivity (Wildman–Crippen MR) is 76.6 cm³/mol. The van der Waals surface area contributed by atoms with Crippen LogP contribution < -0.4 is 5.32 Å². The molecule has 1 aliphatic rings. The van der Waals surface area contributed by atoms with E-state index in [4.69, 9.17) is 0 Å². The molecule has 0 saturated heterocycles. The van der Waals surface area contributed by atoms with Gasteiger partial charge in [-0.2, -0.15) is 0 Å². The average Bonchev–Trinajstić information content (AvgIpc) is 2.42. The fourth-order valence-electron chi connectivity index (χ4n) is 2.47. The molecule has 1 aromatic carbocycles. The Balaban J connectivity index is 1.54. The van der Waals surface area contributed by atoms with Gasteiger partial charge >= 0.3 is 0 Å². The number of hydrogen-bond donors (Lipinski definition) is 1. The van der Waals surface area contributed by atoms with Crippen molar-refractivity contribution < 1.29 is 4.39 Å². The maximum atomic E-state index is 12.7. The van der Waals surface area contributed by atoms with Gasteiger partial charge in [0.25, 0.3) is 0 Å². The van der Waals surface area contributed by atoms with Crippen LogP contribution in [0.15, 0.2) is 29.2 Å². The van der Waals surface area contributed by atoms with Gasteiger partial charge in [-0.1, -0.05) is 19.3 Å². The molecule has 1 saturated carbocycles. The van der Waals surface area contributed by atoms with Crippen LogP contribution in [0.25, 0.3) is 0 Å². The SMILES string of the molecule is Fc1ccc(SCCNCC2CCCCC2)cc1. The molecular formula is C15H22FNS. The van der Waals surface area contributed by atoms with Crippen LogP contribution in [-0.2, 0) is 0 Å². The highest BCUT2D eigenvalue weighted by molar-refractivity contribution is 7.99. The average molecular weight is 267 g/mol. The third kappa shape index (κ3) is 4.99. The van der Waals surface area contributed by atoms with E-state index < -0.39 is 0 Å². The minimum absolute atomic E-state index is 0.158. The minimum Gasteiger partial charge on any atom is -0.316 e. The summed E-state index contributed by atoms with van der Waals surface area (Å²) >= 11 is 1.79. The Morgan fingerprint density at radius 2 is 1.83 bits per heavy atom. The van der Waals surface area contributed by atoms with Crippen LogP contribution in [0.4, 0.5) is 4.39 Å². The molecule has 18 heavy (non-hydrogen) atoms. The van der Waals surface area contributed by atoms with Crippen molar-refractivity contribution in [2.24, 2.45) is 5.92 Å². The van der Waals surface area contributed by atoms with Crippen LogP contribution >= 0.6 is 11.8 Å². The second kappa shape index (κ2) is 7.80. The van der Waals surface area contributed by atoms with Gasteiger partial charge in [0.1, 0.15) is 5.82 Å². The molecule has 100 valence electrons. The van der Waals surface area contributed by atoms with Gasteiger partial charge in [-0.15, -0.1) is 11.8 Å². The van der Waals surface area contributed by atoms with Crippen LogP contribution in [0.3, 0.4) is 0 Å². The molecule has 0 aromatic heterocycles. The molecule has 0 aliphatic heterocycles. The first-order valence-electron chi connectivity index (χ1n) is 6.94. The van der Waals surface area contributed by atoms with Crippen molar-refractivity contribution in [3.63, 3.8) is 0 Å². The number of benzene rings is 1. The van der Waals surface area contributed by atoms with Gasteiger partial charge in [-0.25, -0.2) is 4.39 Å². The number of thioether (sulfide) groups is 1. The second-order valence-electron chi connectivity index (χ2n) is 5.01. The maximum Gasteiger partial charge on any atom is 0.123 e. The highest BCUT2D eigenvalue weighted by Crippen LogP contribution is 2.22. The van der Waals surface area contributed by atoms with Crippen molar-refractivity contribution in [2.45, 2.75) is 37.0 Å². The van der Waals surface area contributed by atoms with E-state index in [-0.39, 0.29) is 5.82 Å². The molecule has 3 heteroatoms. The minimum atomic E-state index is -0.158. The fourth-order valence-corrected chi connectivity index (χ4v) is 3.28. The van der Waals surface area contributed by atoms with Crippen molar-refractivity contribution in [3.05, 3.63) is 30.1 Å². The predicted octanol–water partition coefficient (Wildman–Crippen LogP) is 4.09. The Hall–Kier alpha value is -0.540. The Bertz CT molecular complexity index is 333. The molecule has 0 heterocycles. The molecule has 2 rings (SSSR count). The first-order chi connectivity index (χ1) is 8.84. The van der Waals surface area contributed by atoms with Gasteiger partial charge in [-0.05, 0) is 49.6 Å². The number of nitrogens with one attached hydrogen (secondary N) is 1. The maximum absolute atomic E-state index is 12.7. The summed E-state index contributed by atoms with van der Waals surface area (Å²) in [6.45, 7) is 2.21. The van der Waals surface area contributed by atoms with Crippen LogP contribution in [-0.4, -0.2) is 18.8 Å². The molecule has 0 bridgehead atoms. The third-order valence-corrected chi connectivity index (χ3v) is 4.53. The molecule has 1 aromatic rings. The molecule has 0 unspecified atom stereocenters. The summed E-state index contributed by atoms with van der Waals surface area (Å²) in [4.78, 5) is 1.15. The van der Waals surface area contributed by atoms with Crippen molar-refractivity contribution in [1.82, 2.24) is 5.32 Å². The Morgan fingerprint density at radius 3 is 2.56 bits per heavy atom. The van der Waals surface area contributed by atoms with Crippen LogP contribution in [0, 0.1) is 11.7 Å². The monoisotopic (exact) mass is 267 g/mol. The molecule has 0 amide bonds. The van der Waals surface area contributed by atoms with Crippen LogP contribution in [0.2, 0.25) is 0 Å². The van der Waals surface area contributed by atoms with Crippen LogP contribution in [0.5, 0.6) is 0 Å². The molecule has 1 nitrogen and oxygen atoms in total. The molecule has 1 N–H and O–H groups in total. The summed E-state index contributed by atoms with van der Waals surface area (Å²) in [5.74, 6) is 1.79. The molecule has 0 radical (unpaired) electrons. The highest BCUT2D eigenvalue weighted by atomic mass is 32.2. The number of halogens is 1. The van der Waals surface area contributed by atoms with E-state index in [1.165, 1.54) is 50.8 Å². The highest BCUT2D eigenvalue weighted by Gasteiger charge is 2.12. The van der Waals surface area contributed by atoms with Crippen molar-refractivity contribution in [2.75, 3.05) is 18.8 Å². The Morgan fingerprint density at radius 1 is 1.11 bits per heavy atom. The number of hydrogen-bond acceptors (Lipinski definition) is 2. The zero-order valence-electron chi connectivity index (χ0n) is 10.8. The summed E-state index contributed by atoms with van der Waals surface area (Å²) < 4.78 is 12.7. The van der Waals surface area contributed by atoms with E-state index in [1.54, 1.807) is 11.8 Å². The lowest BCUT2D eigenvalue weighted by molar-refractivity contribution is 0.345. The van der Waals surface area contributed by atoms with Gasteiger partial charge < -0.3 is 5.32 Å². The quantitative estimate of drug-likeness (QED) is 0.615. The lowest BCUT2D eigenvalue weighted by atomic mass is 9.89. The second-order valence-corrected chi connectivity index (χ2v) is 6.18. The molecule has 0 atom stereocenters. The topological polar surface area (TPSA) is 12.0 Å². The zero-order valence-corrected chi connectivity index (χ0v) is 11.6. The Labute approximate surface area is 114 Å². The largest absolute Gasteiger partial charge is 0.316 e.